The first-order valence-corrected chi connectivity index (χ1v) is 7.56. The molecule has 3 aromatic rings. The van der Waals surface area contributed by atoms with E-state index in [4.69, 9.17) is 5.11 Å². The number of benzene rings is 1. The Hall–Kier alpha value is -2.32. The number of imidazole rings is 1. The summed E-state index contributed by atoms with van der Waals surface area (Å²) in [6.45, 7) is -0.0974. The lowest BCUT2D eigenvalue weighted by Gasteiger charge is -2.03. The van der Waals surface area contributed by atoms with Gasteiger partial charge in [-0.3, -0.25) is 10.1 Å². The molecule has 0 saturated heterocycles. The van der Waals surface area contributed by atoms with E-state index in [1.165, 1.54) is 12.1 Å². The molecule has 2 heterocycles. The number of rotatable bonds is 4. The number of halogens is 2. The zero-order valence-corrected chi connectivity index (χ0v) is 12.9. The van der Waals surface area contributed by atoms with Crippen molar-refractivity contribution in [1.82, 2.24) is 9.55 Å². The SMILES string of the molecule is Cn1c(NC(=O)c2ccc(C(F)F)s2)nc2cc(CO)ccc21. The first-order valence-electron chi connectivity index (χ1n) is 6.75. The minimum Gasteiger partial charge on any atom is -0.392 e. The van der Waals surface area contributed by atoms with Gasteiger partial charge in [0.15, 0.2) is 0 Å². The molecule has 2 aromatic heterocycles. The summed E-state index contributed by atoms with van der Waals surface area (Å²) < 4.78 is 26.9. The molecule has 0 spiro atoms. The van der Waals surface area contributed by atoms with E-state index in [0.717, 1.165) is 16.9 Å². The number of amides is 1. The maximum atomic E-state index is 12.6. The fourth-order valence-electron chi connectivity index (χ4n) is 2.21. The minimum absolute atomic E-state index is 0.0974. The number of anilines is 1. The highest BCUT2D eigenvalue weighted by Crippen LogP contribution is 2.27. The van der Waals surface area contributed by atoms with Crippen LogP contribution in [0.3, 0.4) is 0 Å². The Morgan fingerprint density at radius 3 is 2.83 bits per heavy atom. The van der Waals surface area contributed by atoms with Crippen molar-refractivity contribution >= 4 is 34.2 Å². The van der Waals surface area contributed by atoms with Crippen molar-refractivity contribution in [2.45, 2.75) is 13.0 Å². The lowest BCUT2D eigenvalue weighted by atomic mass is 10.2. The minimum atomic E-state index is -2.59. The number of aliphatic hydroxyl groups excluding tert-OH is 1. The van der Waals surface area contributed by atoms with Crippen molar-refractivity contribution in [2.24, 2.45) is 7.05 Å². The number of carbonyl (C=O) groups excluding carboxylic acids is 1. The van der Waals surface area contributed by atoms with Gasteiger partial charge in [0, 0.05) is 7.05 Å². The number of aliphatic hydroxyl groups is 1. The van der Waals surface area contributed by atoms with Gasteiger partial charge in [-0.15, -0.1) is 11.3 Å². The number of thiophene rings is 1. The van der Waals surface area contributed by atoms with Gasteiger partial charge in [-0.2, -0.15) is 0 Å². The van der Waals surface area contributed by atoms with Crippen LogP contribution in [0.2, 0.25) is 0 Å². The third-order valence-electron chi connectivity index (χ3n) is 3.42. The molecule has 1 amide bonds. The topological polar surface area (TPSA) is 67.2 Å². The molecule has 3 rings (SSSR count). The highest BCUT2D eigenvalue weighted by molar-refractivity contribution is 7.14. The number of aryl methyl sites for hydroxylation is 1. The molecule has 0 saturated carbocycles. The van der Waals surface area contributed by atoms with Gasteiger partial charge in [0.1, 0.15) is 0 Å². The number of hydrogen-bond acceptors (Lipinski definition) is 4. The Bertz CT molecular complexity index is 873. The molecule has 0 aliphatic carbocycles. The van der Waals surface area contributed by atoms with Gasteiger partial charge in [0.2, 0.25) is 5.95 Å². The number of nitrogens with zero attached hydrogens (tertiary/aromatic N) is 2. The third-order valence-corrected chi connectivity index (χ3v) is 4.51. The normalized spacial score (nSPS) is 11.3. The van der Waals surface area contributed by atoms with E-state index in [0.29, 0.717) is 17.0 Å². The van der Waals surface area contributed by atoms with Crippen LogP contribution >= 0.6 is 11.3 Å². The van der Waals surface area contributed by atoms with E-state index >= 15 is 0 Å². The van der Waals surface area contributed by atoms with Crippen molar-refractivity contribution in [3.63, 3.8) is 0 Å². The molecule has 8 heteroatoms. The second-order valence-corrected chi connectivity index (χ2v) is 6.05. The van der Waals surface area contributed by atoms with Gasteiger partial charge in [-0.05, 0) is 29.8 Å². The van der Waals surface area contributed by atoms with Crippen molar-refractivity contribution in [1.29, 1.82) is 0 Å². The van der Waals surface area contributed by atoms with E-state index in [-0.39, 0.29) is 16.4 Å². The van der Waals surface area contributed by atoms with Crippen LogP contribution in [0.15, 0.2) is 30.3 Å². The summed E-state index contributed by atoms with van der Waals surface area (Å²) in [6.07, 6.45) is -2.59. The second kappa shape index (κ2) is 6.05. The Kier molecular flexibility index (Phi) is 4.10. The van der Waals surface area contributed by atoms with E-state index < -0.39 is 12.3 Å². The molecular formula is C15H13F2N3O2S. The quantitative estimate of drug-likeness (QED) is 0.767. The van der Waals surface area contributed by atoms with Crippen molar-refractivity contribution in [2.75, 3.05) is 5.32 Å². The van der Waals surface area contributed by atoms with Gasteiger partial charge in [-0.25, -0.2) is 13.8 Å². The zero-order chi connectivity index (χ0) is 16.6. The van der Waals surface area contributed by atoms with Gasteiger partial charge >= 0.3 is 0 Å². The van der Waals surface area contributed by atoms with E-state index in [1.807, 2.05) is 0 Å². The highest BCUT2D eigenvalue weighted by atomic mass is 32.1. The molecular weight excluding hydrogens is 324 g/mol. The summed E-state index contributed by atoms with van der Waals surface area (Å²) in [5, 5.41) is 11.8. The van der Waals surface area contributed by atoms with Crippen LogP contribution in [0.25, 0.3) is 11.0 Å². The highest BCUT2D eigenvalue weighted by Gasteiger charge is 2.17. The van der Waals surface area contributed by atoms with Crippen LogP contribution in [-0.4, -0.2) is 20.6 Å². The number of hydrogen-bond donors (Lipinski definition) is 2. The number of fused-ring (bicyclic) bond motifs is 1. The molecule has 120 valence electrons. The summed E-state index contributed by atoms with van der Waals surface area (Å²) >= 11 is 0.755. The molecule has 5 nitrogen and oxygen atoms in total. The summed E-state index contributed by atoms with van der Waals surface area (Å²) in [7, 11) is 1.74. The zero-order valence-electron chi connectivity index (χ0n) is 12.1. The molecule has 0 fully saturated rings. The van der Waals surface area contributed by atoms with E-state index in [2.05, 4.69) is 10.3 Å². The predicted molar refractivity (Wildman–Crippen MR) is 83.9 cm³/mol. The van der Waals surface area contributed by atoms with Crippen LogP contribution in [0.4, 0.5) is 14.7 Å². The van der Waals surface area contributed by atoms with Crippen molar-refractivity contribution in [3.05, 3.63) is 45.6 Å². The molecule has 0 bridgehead atoms. The smallest absolute Gasteiger partial charge is 0.272 e. The fraction of sp³-hybridized carbons (Fsp3) is 0.200. The van der Waals surface area contributed by atoms with Gasteiger partial charge < -0.3 is 9.67 Å². The molecule has 0 aliphatic rings. The molecule has 0 radical (unpaired) electrons. The largest absolute Gasteiger partial charge is 0.392 e. The molecule has 0 atom stereocenters. The van der Waals surface area contributed by atoms with Crippen LogP contribution in [0.5, 0.6) is 0 Å². The molecule has 0 unspecified atom stereocenters. The summed E-state index contributed by atoms with van der Waals surface area (Å²) in [5.74, 6) is -0.172. The molecule has 2 N–H and O–H groups in total. The lowest BCUT2D eigenvalue weighted by Crippen LogP contribution is -2.13. The third kappa shape index (κ3) is 2.95. The lowest BCUT2D eigenvalue weighted by molar-refractivity contribution is 0.102. The maximum absolute atomic E-state index is 12.6. The Labute approximate surface area is 134 Å². The summed E-state index contributed by atoms with van der Waals surface area (Å²) in [5.41, 5.74) is 2.14. The molecule has 1 aromatic carbocycles. The standard InChI is InChI=1S/C15H13F2N3O2S/c1-20-10-3-2-8(7-21)6-9(10)18-15(20)19-14(22)12-5-4-11(23-12)13(16)17/h2-6,13,21H,7H2,1H3,(H,18,19,22). The average molecular weight is 337 g/mol. The fourth-order valence-corrected chi connectivity index (χ4v) is 2.97. The number of nitrogens with one attached hydrogen (secondary N) is 1. The van der Waals surface area contributed by atoms with E-state index in [9.17, 15) is 13.6 Å². The van der Waals surface area contributed by atoms with Crippen LogP contribution in [-0.2, 0) is 13.7 Å². The second-order valence-electron chi connectivity index (χ2n) is 4.93. The van der Waals surface area contributed by atoms with Crippen molar-refractivity contribution in [3.8, 4) is 0 Å². The van der Waals surface area contributed by atoms with Crippen molar-refractivity contribution < 1.29 is 18.7 Å². The summed E-state index contributed by atoms with van der Waals surface area (Å²) in [6, 6.07) is 7.90. The van der Waals surface area contributed by atoms with Crippen LogP contribution in [0, 0.1) is 0 Å². The van der Waals surface area contributed by atoms with Crippen LogP contribution < -0.4 is 5.32 Å². The predicted octanol–water partition coefficient (Wildman–Crippen LogP) is 3.32. The first-order chi connectivity index (χ1) is 11.0. The maximum Gasteiger partial charge on any atom is 0.272 e. The number of aromatic nitrogens is 2. The van der Waals surface area contributed by atoms with Gasteiger partial charge in [-0.1, -0.05) is 6.07 Å². The average Bonchev–Trinajstić information content (AvgIpc) is 3.13. The number of alkyl halides is 2. The first kappa shape index (κ1) is 15.6. The Morgan fingerprint density at radius 2 is 2.17 bits per heavy atom. The van der Waals surface area contributed by atoms with Gasteiger partial charge in [0.05, 0.1) is 27.4 Å². The Morgan fingerprint density at radius 1 is 1.39 bits per heavy atom. The van der Waals surface area contributed by atoms with E-state index in [1.54, 1.807) is 29.8 Å². The molecule has 0 aliphatic heterocycles. The summed E-state index contributed by atoms with van der Waals surface area (Å²) in [4.78, 5) is 16.5. The van der Waals surface area contributed by atoms with Gasteiger partial charge in [0.25, 0.3) is 12.3 Å². The van der Waals surface area contributed by atoms with Crippen LogP contribution in [0.1, 0.15) is 26.5 Å². The Balaban J connectivity index is 1.88. The number of carbonyl (C=O) groups is 1. The monoisotopic (exact) mass is 337 g/mol. The molecule has 23 heavy (non-hydrogen) atoms.